The number of benzene rings is 1. The van der Waals surface area contributed by atoms with Crippen LogP contribution in [0.2, 0.25) is 0 Å². The first-order valence-electron chi connectivity index (χ1n) is 12.7. The van der Waals surface area contributed by atoms with Crippen LogP contribution in [-0.4, -0.2) is 33.1 Å². The molecule has 1 saturated carbocycles. The summed E-state index contributed by atoms with van der Waals surface area (Å²) in [7, 11) is 0. The molecule has 1 saturated heterocycles. The van der Waals surface area contributed by atoms with Gasteiger partial charge < -0.3 is 15.3 Å². The van der Waals surface area contributed by atoms with Crippen LogP contribution in [0.4, 0.5) is 5.95 Å². The van der Waals surface area contributed by atoms with Crippen LogP contribution in [0.1, 0.15) is 61.2 Å². The van der Waals surface area contributed by atoms with E-state index >= 15 is 0 Å². The number of nitriles is 1. The third-order valence-electron chi connectivity index (χ3n) is 7.01. The molecule has 3 N–H and O–H groups in total. The van der Waals surface area contributed by atoms with Gasteiger partial charge in [-0.2, -0.15) is 10.4 Å². The maximum Gasteiger partial charge on any atom is 0.226 e. The maximum absolute atomic E-state index is 10.9. The zero-order chi connectivity index (χ0) is 25.7. The van der Waals surface area contributed by atoms with E-state index in [1.807, 2.05) is 30.3 Å². The Kier molecular flexibility index (Phi) is 7.19. The Morgan fingerprint density at radius 2 is 1.86 bits per heavy atom. The second-order valence-corrected chi connectivity index (χ2v) is 9.60. The van der Waals surface area contributed by atoms with Crippen molar-refractivity contribution >= 4 is 11.6 Å². The lowest BCUT2D eigenvalue weighted by atomic mass is 9.97. The molecule has 2 fully saturated rings. The van der Waals surface area contributed by atoms with Gasteiger partial charge >= 0.3 is 0 Å². The zero-order valence-corrected chi connectivity index (χ0v) is 20.7. The minimum absolute atomic E-state index is 0.367. The summed E-state index contributed by atoms with van der Waals surface area (Å²) in [6.07, 6.45) is 7.34. The maximum atomic E-state index is 10.9. The Morgan fingerprint density at radius 3 is 2.62 bits per heavy atom. The molecular formula is C28H30N8O. The summed E-state index contributed by atoms with van der Waals surface area (Å²) in [5, 5.41) is 27.2. The van der Waals surface area contributed by atoms with Crippen molar-refractivity contribution in [2.75, 3.05) is 18.0 Å². The number of aromatic nitrogens is 3. The van der Waals surface area contributed by atoms with E-state index in [1.165, 1.54) is 0 Å². The normalized spacial score (nSPS) is 17.0. The number of nitrogens with zero attached hydrogens (tertiary/aromatic N) is 6. The molecule has 5 rings (SSSR count). The lowest BCUT2D eigenvalue weighted by molar-refractivity contribution is 0.0397. The van der Waals surface area contributed by atoms with E-state index in [-0.39, 0.29) is 0 Å². The largest absolute Gasteiger partial charge is 0.384 e. The first-order chi connectivity index (χ1) is 18.1. The van der Waals surface area contributed by atoms with E-state index in [0.29, 0.717) is 40.8 Å². The van der Waals surface area contributed by atoms with Crippen molar-refractivity contribution in [1.29, 1.82) is 10.8 Å². The van der Waals surface area contributed by atoms with Gasteiger partial charge in [0.25, 0.3) is 0 Å². The van der Waals surface area contributed by atoms with Gasteiger partial charge in [0.15, 0.2) is 0 Å². The molecule has 0 atom stereocenters. The molecule has 0 spiro atoms. The van der Waals surface area contributed by atoms with Gasteiger partial charge in [-0.1, -0.05) is 31.0 Å². The minimum atomic E-state index is -0.834. The van der Waals surface area contributed by atoms with Crippen molar-refractivity contribution in [2.45, 2.75) is 50.7 Å². The van der Waals surface area contributed by atoms with Gasteiger partial charge in [-0.3, -0.25) is 4.98 Å². The molecule has 188 valence electrons. The number of hydrogen-bond acceptors (Lipinski definition) is 9. The molecule has 2 aliphatic rings. The van der Waals surface area contributed by atoms with E-state index in [4.69, 9.17) is 15.5 Å². The van der Waals surface area contributed by atoms with Crippen molar-refractivity contribution in [3.05, 3.63) is 77.4 Å². The number of nitrogens with one attached hydrogen (secondary N) is 2. The molecule has 2 aromatic heterocycles. The number of rotatable bonds is 8. The summed E-state index contributed by atoms with van der Waals surface area (Å²) in [5.41, 5.74) is 11.4. The Hall–Kier alpha value is -4.16. The Balaban J connectivity index is 1.41. The van der Waals surface area contributed by atoms with Crippen LogP contribution in [-0.2, 0) is 12.1 Å². The average Bonchev–Trinajstić information content (AvgIpc) is 3.64. The van der Waals surface area contributed by atoms with Gasteiger partial charge in [-0.15, -0.1) is 0 Å². The Labute approximate surface area is 216 Å². The highest BCUT2D eigenvalue weighted by atomic mass is 16.3. The SMILES string of the molecule is N#Cc1cccc(-c2cc(/C(=C/NCc3cccc(C4(O)CCCC4)n3)N=N)nc(N3CCCC3)n2)c1. The second kappa shape index (κ2) is 10.8. The lowest BCUT2D eigenvalue weighted by Gasteiger charge is -2.21. The van der Waals surface area contributed by atoms with Crippen molar-refractivity contribution < 1.29 is 5.11 Å². The second-order valence-electron chi connectivity index (χ2n) is 9.60. The molecule has 0 unspecified atom stereocenters. The van der Waals surface area contributed by atoms with Crippen LogP contribution in [0.5, 0.6) is 0 Å². The summed E-state index contributed by atoms with van der Waals surface area (Å²) in [6.45, 7) is 2.18. The van der Waals surface area contributed by atoms with Gasteiger partial charge in [-0.05, 0) is 56.0 Å². The summed E-state index contributed by atoms with van der Waals surface area (Å²) in [4.78, 5) is 16.3. The monoisotopic (exact) mass is 494 g/mol. The van der Waals surface area contributed by atoms with E-state index in [9.17, 15) is 10.4 Å². The number of hydrogen-bond donors (Lipinski definition) is 3. The summed E-state index contributed by atoms with van der Waals surface area (Å²) < 4.78 is 0. The first kappa shape index (κ1) is 24.5. The number of anilines is 1. The summed E-state index contributed by atoms with van der Waals surface area (Å²) in [5.74, 6) is 0.598. The molecule has 9 heteroatoms. The highest BCUT2D eigenvalue weighted by Crippen LogP contribution is 2.37. The zero-order valence-electron chi connectivity index (χ0n) is 20.7. The van der Waals surface area contributed by atoms with Crippen molar-refractivity contribution in [3.8, 4) is 17.3 Å². The van der Waals surface area contributed by atoms with Crippen LogP contribution < -0.4 is 10.2 Å². The third-order valence-corrected chi connectivity index (χ3v) is 7.01. The van der Waals surface area contributed by atoms with Gasteiger partial charge in [0, 0.05) is 24.9 Å². The quantitative estimate of drug-likeness (QED) is 0.380. The molecular weight excluding hydrogens is 464 g/mol. The summed E-state index contributed by atoms with van der Waals surface area (Å²) >= 11 is 0. The molecule has 3 heterocycles. The third kappa shape index (κ3) is 5.49. The first-order valence-corrected chi connectivity index (χ1v) is 12.7. The van der Waals surface area contributed by atoms with E-state index < -0.39 is 5.60 Å². The standard InChI is InChI=1S/C28H30N8O/c29-17-20-7-5-8-21(15-20)23-16-24(34-27(33-23)36-13-3-4-14-36)25(35-30)19-31-18-22-9-6-10-26(32-22)28(37)11-1-2-12-28/h5-10,15-16,19,30-31,37H,1-4,11-14,18H2/b25-19-,35-30?. The van der Waals surface area contributed by atoms with Crippen molar-refractivity contribution in [1.82, 2.24) is 20.3 Å². The molecule has 0 bridgehead atoms. The van der Waals surface area contributed by atoms with Gasteiger partial charge in [0.1, 0.15) is 11.3 Å². The number of pyridine rings is 1. The summed E-state index contributed by atoms with van der Waals surface area (Å²) in [6, 6.07) is 17.0. The van der Waals surface area contributed by atoms with Crippen LogP contribution >= 0.6 is 0 Å². The lowest BCUT2D eigenvalue weighted by Crippen LogP contribution is -2.23. The van der Waals surface area contributed by atoms with Crippen molar-refractivity contribution in [3.63, 3.8) is 0 Å². The van der Waals surface area contributed by atoms with E-state index in [0.717, 1.165) is 62.9 Å². The molecule has 0 radical (unpaired) electrons. The Morgan fingerprint density at radius 1 is 1.08 bits per heavy atom. The molecule has 9 nitrogen and oxygen atoms in total. The molecule has 1 aliphatic carbocycles. The average molecular weight is 495 g/mol. The fraction of sp³-hybridized carbons (Fsp3) is 0.357. The highest BCUT2D eigenvalue weighted by Gasteiger charge is 2.34. The fourth-order valence-electron chi connectivity index (χ4n) is 4.99. The van der Waals surface area contributed by atoms with Crippen LogP contribution in [0, 0.1) is 16.9 Å². The fourth-order valence-corrected chi connectivity index (χ4v) is 4.99. The van der Waals surface area contributed by atoms with Crippen molar-refractivity contribution in [2.24, 2.45) is 5.11 Å². The topological polar surface area (TPSA) is 134 Å². The molecule has 0 amide bonds. The van der Waals surface area contributed by atoms with Gasteiger partial charge in [0.05, 0.1) is 41.0 Å². The molecule has 1 aromatic carbocycles. The molecule has 37 heavy (non-hydrogen) atoms. The van der Waals surface area contributed by atoms with Crippen LogP contribution in [0.3, 0.4) is 0 Å². The molecule has 3 aromatic rings. The van der Waals surface area contributed by atoms with Gasteiger partial charge in [0.2, 0.25) is 5.95 Å². The Bertz CT molecular complexity index is 1350. The highest BCUT2D eigenvalue weighted by molar-refractivity contribution is 5.69. The van der Waals surface area contributed by atoms with E-state index in [2.05, 4.69) is 26.4 Å². The van der Waals surface area contributed by atoms with E-state index in [1.54, 1.807) is 24.4 Å². The van der Waals surface area contributed by atoms with Crippen LogP contribution in [0.15, 0.2) is 59.8 Å². The van der Waals surface area contributed by atoms with Gasteiger partial charge in [-0.25, -0.2) is 15.5 Å². The predicted octanol–water partition coefficient (Wildman–Crippen LogP) is 4.89. The van der Waals surface area contributed by atoms with Crippen LogP contribution in [0.25, 0.3) is 17.0 Å². The smallest absolute Gasteiger partial charge is 0.226 e. The molecule has 1 aliphatic heterocycles. The minimum Gasteiger partial charge on any atom is -0.384 e. The number of aliphatic hydroxyl groups is 1. The predicted molar refractivity (Wildman–Crippen MR) is 140 cm³/mol.